The number of carbonyl (C=O) groups is 1. The minimum atomic E-state index is -1.30. The molecule has 0 saturated heterocycles. The number of aromatic amines is 1. The minimum absolute atomic E-state index is 0.580. The largest absolute Gasteiger partial charge is 0.478 e. The molecule has 0 aliphatic rings. The maximum absolute atomic E-state index is 11.5. The summed E-state index contributed by atoms with van der Waals surface area (Å²) in [6, 6.07) is 20.4. The SMILES string of the molecule is CC(C)(Oc1cccc2[nH]cc(Cc3ccc4ccccc4c3)c12)C(=O)O. The van der Waals surface area contributed by atoms with Crippen LogP contribution in [0, 0.1) is 0 Å². The Morgan fingerprint density at radius 1 is 1.04 bits per heavy atom. The van der Waals surface area contributed by atoms with Crippen LogP contribution in [-0.4, -0.2) is 21.7 Å². The maximum atomic E-state index is 11.5. The molecule has 4 rings (SSSR count). The van der Waals surface area contributed by atoms with E-state index >= 15 is 0 Å². The van der Waals surface area contributed by atoms with Gasteiger partial charge in [-0.2, -0.15) is 0 Å². The standard InChI is InChI=1S/C23H21NO3/c1-23(2,22(25)26)27-20-9-5-8-19-21(20)18(14-24-19)13-15-10-11-16-6-3-4-7-17(16)12-15/h3-12,14,24H,13H2,1-2H3,(H,25,26). The van der Waals surface area contributed by atoms with E-state index in [0.717, 1.165) is 22.9 Å². The van der Waals surface area contributed by atoms with Gasteiger partial charge in [0.05, 0.1) is 0 Å². The van der Waals surface area contributed by atoms with Crippen molar-refractivity contribution in [2.45, 2.75) is 25.9 Å². The van der Waals surface area contributed by atoms with Crippen LogP contribution in [0.2, 0.25) is 0 Å². The molecule has 1 aromatic heterocycles. The summed E-state index contributed by atoms with van der Waals surface area (Å²) in [7, 11) is 0. The number of aromatic nitrogens is 1. The highest BCUT2D eigenvalue weighted by atomic mass is 16.5. The maximum Gasteiger partial charge on any atom is 0.347 e. The number of hydrogen-bond donors (Lipinski definition) is 2. The second-order valence-corrected chi connectivity index (χ2v) is 7.27. The molecule has 0 bridgehead atoms. The van der Waals surface area contributed by atoms with E-state index < -0.39 is 11.6 Å². The van der Waals surface area contributed by atoms with Gasteiger partial charge in [0.25, 0.3) is 0 Å². The first-order valence-corrected chi connectivity index (χ1v) is 8.93. The molecule has 0 amide bonds. The van der Waals surface area contributed by atoms with Crippen LogP contribution in [0.3, 0.4) is 0 Å². The highest BCUT2D eigenvalue weighted by molar-refractivity contribution is 5.90. The van der Waals surface area contributed by atoms with E-state index in [1.54, 1.807) is 13.8 Å². The van der Waals surface area contributed by atoms with Crippen molar-refractivity contribution < 1.29 is 14.6 Å². The Kier molecular flexibility index (Phi) is 4.11. The Labute approximate surface area is 157 Å². The summed E-state index contributed by atoms with van der Waals surface area (Å²) in [6.07, 6.45) is 2.71. The van der Waals surface area contributed by atoms with Crippen molar-refractivity contribution >= 4 is 27.6 Å². The lowest BCUT2D eigenvalue weighted by Crippen LogP contribution is -2.37. The average Bonchev–Trinajstić information content (AvgIpc) is 3.05. The first-order valence-electron chi connectivity index (χ1n) is 8.93. The third kappa shape index (κ3) is 3.26. The number of aliphatic carboxylic acids is 1. The molecule has 0 aliphatic carbocycles. The van der Waals surface area contributed by atoms with Gasteiger partial charge in [0, 0.05) is 17.1 Å². The van der Waals surface area contributed by atoms with E-state index in [-0.39, 0.29) is 0 Å². The fourth-order valence-electron chi connectivity index (χ4n) is 3.33. The molecule has 0 fully saturated rings. The normalized spacial score (nSPS) is 11.8. The molecular formula is C23H21NO3. The van der Waals surface area contributed by atoms with Crippen molar-refractivity contribution in [1.82, 2.24) is 4.98 Å². The molecule has 0 spiro atoms. The summed E-state index contributed by atoms with van der Waals surface area (Å²) in [5.74, 6) is -0.414. The van der Waals surface area contributed by atoms with Gasteiger partial charge in [0.1, 0.15) is 5.75 Å². The van der Waals surface area contributed by atoms with Gasteiger partial charge in [0.2, 0.25) is 0 Å². The van der Waals surface area contributed by atoms with E-state index in [1.807, 2.05) is 36.5 Å². The van der Waals surface area contributed by atoms with Crippen molar-refractivity contribution in [3.8, 4) is 5.75 Å². The fourth-order valence-corrected chi connectivity index (χ4v) is 3.33. The molecule has 0 atom stereocenters. The molecule has 0 saturated carbocycles. The monoisotopic (exact) mass is 359 g/mol. The summed E-state index contributed by atoms with van der Waals surface area (Å²) in [4.78, 5) is 14.7. The van der Waals surface area contributed by atoms with Crippen LogP contribution >= 0.6 is 0 Å². The molecule has 1 heterocycles. The van der Waals surface area contributed by atoms with Crippen LogP contribution in [-0.2, 0) is 11.2 Å². The van der Waals surface area contributed by atoms with Crippen LogP contribution in [0.15, 0.2) is 66.9 Å². The molecule has 4 heteroatoms. The molecule has 0 radical (unpaired) electrons. The number of carboxylic acid groups (broad SMARTS) is 1. The molecule has 0 unspecified atom stereocenters. The van der Waals surface area contributed by atoms with Crippen LogP contribution < -0.4 is 4.74 Å². The minimum Gasteiger partial charge on any atom is -0.478 e. The Bertz CT molecular complexity index is 1140. The van der Waals surface area contributed by atoms with Crippen molar-refractivity contribution in [3.05, 3.63) is 78.0 Å². The quantitative estimate of drug-likeness (QED) is 0.518. The van der Waals surface area contributed by atoms with Crippen molar-refractivity contribution in [1.29, 1.82) is 0 Å². The molecule has 136 valence electrons. The van der Waals surface area contributed by atoms with Gasteiger partial charge in [0.15, 0.2) is 5.60 Å². The van der Waals surface area contributed by atoms with Crippen molar-refractivity contribution in [2.24, 2.45) is 0 Å². The molecule has 4 nitrogen and oxygen atoms in total. The molecule has 3 aromatic carbocycles. The van der Waals surface area contributed by atoms with Crippen molar-refractivity contribution in [2.75, 3.05) is 0 Å². The van der Waals surface area contributed by atoms with Crippen LogP contribution in [0.1, 0.15) is 25.0 Å². The fraction of sp³-hybridized carbons (Fsp3) is 0.174. The second kappa shape index (κ2) is 6.47. The van der Waals surface area contributed by atoms with Crippen molar-refractivity contribution in [3.63, 3.8) is 0 Å². The number of carboxylic acids is 1. The van der Waals surface area contributed by atoms with E-state index in [0.29, 0.717) is 5.75 Å². The predicted molar refractivity (Wildman–Crippen MR) is 107 cm³/mol. The Morgan fingerprint density at radius 3 is 2.59 bits per heavy atom. The first kappa shape index (κ1) is 17.2. The van der Waals surface area contributed by atoms with E-state index in [9.17, 15) is 9.90 Å². The Balaban J connectivity index is 1.74. The molecule has 2 N–H and O–H groups in total. The molecule has 4 aromatic rings. The summed E-state index contributed by atoms with van der Waals surface area (Å²) in [5, 5.41) is 12.8. The van der Waals surface area contributed by atoms with Crippen LogP contribution in [0.25, 0.3) is 21.7 Å². The summed E-state index contributed by atoms with van der Waals surface area (Å²) in [6.45, 7) is 3.12. The topological polar surface area (TPSA) is 62.3 Å². The van der Waals surface area contributed by atoms with Gasteiger partial charge in [-0.3, -0.25) is 0 Å². The first-order chi connectivity index (χ1) is 12.9. The number of fused-ring (bicyclic) bond motifs is 2. The number of ether oxygens (including phenoxy) is 1. The number of rotatable bonds is 5. The lowest BCUT2D eigenvalue weighted by atomic mass is 10.0. The lowest BCUT2D eigenvalue weighted by molar-refractivity contribution is -0.152. The van der Waals surface area contributed by atoms with Gasteiger partial charge in [-0.05, 0) is 54.3 Å². The smallest absolute Gasteiger partial charge is 0.347 e. The third-order valence-corrected chi connectivity index (χ3v) is 4.84. The zero-order chi connectivity index (χ0) is 19.0. The average molecular weight is 359 g/mol. The van der Waals surface area contributed by atoms with Gasteiger partial charge in [-0.25, -0.2) is 4.79 Å². The summed E-state index contributed by atoms with van der Waals surface area (Å²) >= 11 is 0. The molecule has 0 aliphatic heterocycles. The van der Waals surface area contributed by atoms with E-state index in [2.05, 4.69) is 35.3 Å². The number of nitrogens with one attached hydrogen (secondary N) is 1. The number of H-pyrrole nitrogens is 1. The van der Waals surface area contributed by atoms with Gasteiger partial charge < -0.3 is 14.8 Å². The van der Waals surface area contributed by atoms with E-state index in [1.165, 1.54) is 16.3 Å². The number of hydrogen-bond acceptors (Lipinski definition) is 2. The van der Waals surface area contributed by atoms with Gasteiger partial charge in [-0.1, -0.05) is 48.5 Å². The van der Waals surface area contributed by atoms with Gasteiger partial charge >= 0.3 is 5.97 Å². The zero-order valence-corrected chi connectivity index (χ0v) is 15.3. The second-order valence-electron chi connectivity index (χ2n) is 7.27. The molecule has 27 heavy (non-hydrogen) atoms. The van der Waals surface area contributed by atoms with Crippen LogP contribution in [0.4, 0.5) is 0 Å². The summed E-state index contributed by atoms with van der Waals surface area (Å²) < 4.78 is 5.86. The summed E-state index contributed by atoms with van der Waals surface area (Å²) in [5.41, 5.74) is 1.91. The Morgan fingerprint density at radius 2 is 1.81 bits per heavy atom. The Hall–Kier alpha value is -3.27. The highest BCUT2D eigenvalue weighted by Gasteiger charge is 2.30. The van der Waals surface area contributed by atoms with Crippen LogP contribution in [0.5, 0.6) is 5.75 Å². The van der Waals surface area contributed by atoms with E-state index in [4.69, 9.17) is 4.74 Å². The number of benzene rings is 3. The predicted octanol–water partition coefficient (Wildman–Crippen LogP) is 5.15. The lowest BCUT2D eigenvalue weighted by Gasteiger charge is -2.22. The van der Waals surface area contributed by atoms with Gasteiger partial charge in [-0.15, -0.1) is 0 Å². The third-order valence-electron chi connectivity index (χ3n) is 4.84. The zero-order valence-electron chi connectivity index (χ0n) is 15.3. The molecular weight excluding hydrogens is 338 g/mol. The highest BCUT2D eigenvalue weighted by Crippen LogP contribution is 2.33.